The lowest BCUT2D eigenvalue weighted by molar-refractivity contribution is 0.0745. The summed E-state index contributed by atoms with van der Waals surface area (Å²) in [4.78, 5) is 17.2. The van der Waals surface area contributed by atoms with Crippen molar-refractivity contribution in [3.05, 3.63) is 24.0 Å². The number of likely N-dealkylation sites (N-methyl/N-ethyl adjacent to an activating group) is 1. The second-order valence-electron chi connectivity index (χ2n) is 3.18. The maximum Gasteiger partial charge on any atom is 0.257 e. The van der Waals surface area contributed by atoms with E-state index in [2.05, 4.69) is 4.98 Å². The number of ether oxygens (including phenoxy) is 1. The molecule has 0 unspecified atom stereocenters. The van der Waals surface area contributed by atoms with Gasteiger partial charge in [0.25, 0.3) is 5.91 Å². The third-order valence-corrected chi connectivity index (χ3v) is 2.06. The predicted octanol–water partition coefficient (Wildman–Crippen LogP) is 0.382. The molecule has 5 heteroatoms. The molecule has 1 amide bonds. The molecule has 0 aliphatic rings. The van der Waals surface area contributed by atoms with E-state index in [0.29, 0.717) is 24.4 Å². The monoisotopic (exact) mass is 209 g/mol. The van der Waals surface area contributed by atoms with E-state index in [1.165, 1.54) is 6.20 Å². The Bertz CT molecular complexity index is 341. The van der Waals surface area contributed by atoms with Crippen LogP contribution in [0.15, 0.2) is 18.5 Å². The van der Waals surface area contributed by atoms with Crippen LogP contribution >= 0.6 is 0 Å². The normalized spacial score (nSPS) is 10.0. The Morgan fingerprint density at radius 2 is 2.40 bits per heavy atom. The molecule has 1 aromatic rings. The smallest absolute Gasteiger partial charge is 0.257 e. The molecule has 0 radical (unpaired) electrons. The lowest BCUT2D eigenvalue weighted by atomic mass is 10.2. The largest absolute Gasteiger partial charge is 0.398 e. The summed E-state index contributed by atoms with van der Waals surface area (Å²) in [6, 6.07) is 1.61. The van der Waals surface area contributed by atoms with Crippen LogP contribution in [0.1, 0.15) is 10.4 Å². The van der Waals surface area contributed by atoms with Gasteiger partial charge in [-0.1, -0.05) is 0 Å². The quantitative estimate of drug-likeness (QED) is 0.778. The van der Waals surface area contributed by atoms with Gasteiger partial charge in [-0.3, -0.25) is 9.78 Å². The van der Waals surface area contributed by atoms with E-state index < -0.39 is 0 Å². The molecule has 0 saturated heterocycles. The SMILES string of the molecule is COCCN(C)C(=O)c1cnccc1N. The summed E-state index contributed by atoms with van der Waals surface area (Å²) in [5.74, 6) is -0.141. The number of anilines is 1. The molecule has 0 aromatic carbocycles. The number of hydrogen-bond donors (Lipinski definition) is 1. The van der Waals surface area contributed by atoms with Gasteiger partial charge in [-0.15, -0.1) is 0 Å². The fourth-order valence-electron chi connectivity index (χ4n) is 1.12. The minimum atomic E-state index is -0.141. The lowest BCUT2D eigenvalue weighted by Gasteiger charge is -2.17. The molecule has 1 aromatic heterocycles. The van der Waals surface area contributed by atoms with E-state index in [1.807, 2.05) is 0 Å². The Labute approximate surface area is 88.9 Å². The van der Waals surface area contributed by atoms with Crippen LogP contribution in [0.4, 0.5) is 5.69 Å². The number of methoxy groups -OCH3 is 1. The van der Waals surface area contributed by atoms with E-state index in [0.717, 1.165) is 0 Å². The third kappa shape index (κ3) is 2.92. The first-order valence-electron chi connectivity index (χ1n) is 4.60. The molecule has 0 spiro atoms. The molecule has 0 saturated carbocycles. The van der Waals surface area contributed by atoms with Gasteiger partial charge < -0.3 is 15.4 Å². The molecule has 0 fully saturated rings. The van der Waals surface area contributed by atoms with Crippen molar-refractivity contribution in [3.63, 3.8) is 0 Å². The molecule has 0 bridgehead atoms. The van der Waals surface area contributed by atoms with Crippen LogP contribution in [0.5, 0.6) is 0 Å². The van der Waals surface area contributed by atoms with Crippen LogP contribution in [-0.2, 0) is 4.74 Å². The Hall–Kier alpha value is -1.62. The molecule has 0 atom stereocenters. The number of carbonyl (C=O) groups excluding carboxylic acids is 1. The van der Waals surface area contributed by atoms with Crippen LogP contribution in [0.25, 0.3) is 0 Å². The van der Waals surface area contributed by atoms with E-state index in [9.17, 15) is 4.79 Å². The standard InChI is InChI=1S/C10H15N3O2/c1-13(5-6-15-2)10(14)8-7-12-4-3-9(8)11/h3-4,7H,5-6H2,1-2H3,(H2,11,12). The average Bonchev–Trinajstić information content (AvgIpc) is 2.25. The Kier molecular flexibility index (Phi) is 4.05. The van der Waals surface area contributed by atoms with Crippen molar-refractivity contribution in [1.82, 2.24) is 9.88 Å². The van der Waals surface area contributed by atoms with Crippen LogP contribution in [0, 0.1) is 0 Å². The number of nitrogens with zero attached hydrogens (tertiary/aromatic N) is 2. The van der Waals surface area contributed by atoms with E-state index in [4.69, 9.17) is 10.5 Å². The highest BCUT2D eigenvalue weighted by molar-refractivity contribution is 5.98. The highest BCUT2D eigenvalue weighted by atomic mass is 16.5. The number of hydrogen-bond acceptors (Lipinski definition) is 4. The zero-order chi connectivity index (χ0) is 11.3. The van der Waals surface area contributed by atoms with Crippen molar-refractivity contribution >= 4 is 11.6 Å². The zero-order valence-electron chi connectivity index (χ0n) is 8.93. The molecule has 0 aliphatic carbocycles. The van der Waals surface area contributed by atoms with Gasteiger partial charge in [0, 0.05) is 38.8 Å². The summed E-state index contributed by atoms with van der Waals surface area (Å²) in [7, 11) is 3.30. The third-order valence-electron chi connectivity index (χ3n) is 2.06. The first-order chi connectivity index (χ1) is 7.16. The second-order valence-corrected chi connectivity index (χ2v) is 3.18. The molecular formula is C10H15N3O2. The van der Waals surface area contributed by atoms with E-state index in [-0.39, 0.29) is 5.91 Å². The molecule has 2 N–H and O–H groups in total. The number of pyridine rings is 1. The molecule has 1 heterocycles. The number of carbonyl (C=O) groups is 1. The fourth-order valence-corrected chi connectivity index (χ4v) is 1.12. The molecule has 82 valence electrons. The van der Waals surface area contributed by atoms with Gasteiger partial charge in [-0.25, -0.2) is 0 Å². The van der Waals surface area contributed by atoms with Gasteiger partial charge in [-0.2, -0.15) is 0 Å². The van der Waals surface area contributed by atoms with E-state index >= 15 is 0 Å². The van der Waals surface area contributed by atoms with Crippen molar-refractivity contribution in [3.8, 4) is 0 Å². The molecule has 5 nitrogen and oxygen atoms in total. The summed E-state index contributed by atoms with van der Waals surface area (Å²) >= 11 is 0. The first-order valence-corrected chi connectivity index (χ1v) is 4.60. The number of rotatable bonds is 4. The molecule has 15 heavy (non-hydrogen) atoms. The van der Waals surface area contributed by atoms with Crippen LogP contribution in [0.2, 0.25) is 0 Å². The summed E-state index contributed by atoms with van der Waals surface area (Å²) in [5, 5.41) is 0. The summed E-state index contributed by atoms with van der Waals surface area (Å²) in [5.41, 5.74) is 6.54. The average molecular weight is 209 g/mol. The van der Waals surface area contributed by atoms with Gasteiger partial charge in [-0.05, 0) is 6.07 Å². The summed E-state index contributed by atoms with van der Waals surface area (Å²) in [6.07, 6.45) is 3.03. The van der Waals surface area contributed by atoms with Crippen molar-refractivity contribution in [1.29, 1.82) is 0 Å². The Balaban J connectivity index is 2.72. The number of nitrogens with two attached hydrogens (primary N) is 1. The minimum Gasteiger partial charge on any atom is -0.398 e. The lowest BCUT2D eigenvalue weighted by Crippen LogP contribution is -2.30. The number of nitrogen functional groups attached to an aromatic ring is 1. The molecular weight excluding hydrogens is 194 g/mol. The minimum absolute atomic E-state index is 0.141. The van der Waals surface area contributed by atoms with Crippen LogP contribution < -0.4 is 5.73 Å². The van der Waals surface area contributed by atoms with Crippen molar-refractivity contribution in [2.24, 2.45) is 0 Å². The Morgan fingerprint density at radius 3 is 3.00 bits per heavy atom. The fraction of sp³-hybridized carbons (Fsp3) is 0.400. The topological polar surface area (TPSA) is 68.5 Å². The van der Waals surface area contributed by atoms with Gasteiger partial charge >= 0.3 is 0 Å². The summed E-state index contributed by atoms with van der Waals surface area (Å²) < 4.78 is 4.89. The highest BCUT2D eigenvalue weighted by Gasteiger charge is 2.13. The van der Waals surface area contributed by atoms with Crippen LogP contribution in [-0.4, -0.2) is 43.1 Å². The van der Waals surface area contributed by atoms with Gasteiger partial charge in [0.1, 0.15) is 0 Å². The summed E-state index contributed by atoms with van der Waals surface area (Å²) in [6.45, 7) is 1.03. The maximum absolute atomic E-state index is 11.8. The molecule has 1 rings (SSSR count). The second kappa shape index (κ2) is 5.31. The molecule has 0 aliphatic heterocycles. The van der Waals surface area contributed by atoms with Gasteiger partial charge in [0.15, 0.2) is 0 Å². The number of aromatic nitrogens is 1. The van der Waals surface area contributed by atoms with Crippen molar-refractivity contribution in [2.45, 2.75) is 0 Å². The Morgan fingerprint density at radius 1 is 1.67 bits per heavy atom. The van der Waals surface area contributed by atoms with Gasteiger partial charge in [0.2, 0.25) is 0 Å². The van der Waals surface area contributed by atoms with Crippen LogP contribution in [0.3, 0.4) is 0 Å². The van der Waals surface area contributed by atoms with Crippen molar-refractivity contribution in [2.75, 3.05) is 33.0 Å². The van der Waals surface area contributed by atoms with Gasteiger partial charge in [0.05, 0.1) is 12.2 Å². The van der Waals surface area contributed by atoms with E-state index in [1.54, 1.807) is 31.3 Å². The first kappa shape index (κ1) is 11.5. The number of amides is 1. The maximum atomic E-state index is 11.8. The zero-order valence-corrected chi connectivity index (χ0v) is 8.93. The van der Waals surface area contributed by atoms with Crippen molar-refractivity contribution < 1.29 is 9.53 Å². The predicted molar refractivity (Wildman–Crippen MR) is 57.5 cm³/mol. The highest BCUT2D eigenvalue weighted by Crippen LogP contribution is 2.10.